The second-order valence-corrected chi connectivity index (χ2v) is 6.22. The number of aromatic nitrogens is 3. The maximum atomic E-state index is 4.30. The van der Waals surface area contributed by atoms with Crippen LogP contribution in [0, 0.1) is 0 Å². The molecule has 0 radical (unpaired) electrons. The van der Waals surface area contributed by atoms with Gasteiger partial charge in [0.25, 0.3) is 0 Å². The molecule has 0 aliphatic heterocycles. The molecule has 20 heavy (non-hydrogen) atoms. The van der Waals surface area contributed by atoms with Crippen LogP contribution < -0.4 is 5.32 Å². The largest absolute Gasteiger partial charge is 0.313 e. The van der Waals surface area contributed by atoms with Gasteiger partial charge in [0, 0.05) is 19.5 Å². The normalized spacial score (nSPS) is 13.4. The van der Waals surface area contributed by atoms with Crippen molar-refractivity contribution in [2.45, 2.75) is 38.6 Å². The van der Waals surface area contributed by atoms with Crippen LogP contribution in [0.3, 0.4) is 0 Å². The van der Waals surface area contributed by atoms with Crippen LogP contribution in [0.25, 0.3) is 0 Å². The summed E-state index contributed by atoms with van der Waals surface area (Å²) >= 11 is 0. The van der Waals surface area contributed by atoms with Crippen molar-refractivity contribution in [3.05, 3.63) is 47.5 Å². The molecular formula is C16H24N4. The summed E-state index contributed by atoms with van der Waals surface area (Å²) < 4.78 is 1.83. The molecule has 0 fully saturated rings. The van der Waals surface area contributed by atoms with Gasteiger partial charge >= 0.3 is 0 Å². The van der Waals surface area contributed by atoms with Gasteiger partial charge in [0.2, 0.25) is 0 Å². The summed E-state index contributed by atoms with van der Waals surface area (Å²) in [6, 6.07) is 9.11. The minimum absolute atomic E-state index is 0.192. The lowest BCUT2D eigenvalue weighted by molar-refractivity contribution is 0.551. The van der Waals surface area contributed by atoms with E-state index in [-0.39, 0.29) is 11.5 Å². The highest BCUT2D eigenvalue weighted by Crippen LogP contribution is 2.24. The second kappa shape index (κ2) is 5.75. The van der Waals surface area contributed by atoms with E-state index in [1.54, 1.807) is 6.33 Å². The molecule has 0 saturated heterocycles. The molecule has 0 bridgehead atoms. The fourth-order valence-electron chi connectivity index (χ4n) is 2.29. The molecule has 4 nitrogen and oxygen atoms in total. The van der Waals surface area contributed by atoms with Gasteiger partial charge in [0.05, 0.1) is 0 Å². The van der Waals surface area contributed by atoms with Gasteiger partial charge in [-0.2, -0.15) is 5.10 Å². The van der Waals surface area contributed by atoms with Crippen LogP contribution in [0.15, 0.2) is 30.6 Å². The van der Waals surface area contributed by atoms with Crippen molar-refractivity contribution >= 4 is 0 Å². The van der Waals surface area contributed by atoms with Crippen molar-refractivity contribution in [2.75, 3.05) is 7.05 Å². The van der Waals surface area contributed by atoms with Gasteiger partial charge in [-0.1, -0.05) is 45.0 Å². The van der Waals surface area contributed by atoms with Gasteiger partial charge in [-0.25, -0.2) is 4.98 Å². The van der Waals surface area contributed by atoms with Crippen molar-refractivity contribution in [3.63, 3.8) is 0 Å². The Hall–Kier alpha value is -1.68. The van der Waals surface area contributed by atoms with E-state index < -0.39 is 0 Å². The number of nitrogens with one attached hydrogen (secondary N) is 1. The Morgan fingerprint density at radius 1 is 1.20 bits per heavy atom. The molecule has 0 aliphatic rings. The van der Waals surface area contributed by atoms with Crippen LogP contribution in [0.2, 0.25) is 0 Å². The van der Waals surface area contributed by atoms with Crippen molar-refractivity contribution < 1.29 is 0 Å². The average Bonchev–Trinajstić information content (AvgIpc) is 2.80. The molecule has 1 unspecified atom stereocenters. The molecule has 2 rings (SSSR count). The first kappa shape index (κ1) is 14.7. The Kier molecular flexibility index (Phi) is 4.23. The smallest absolute Gasteiger partial charge is 0.138 e. The van der Waals surface area contributed by atoms with Crippen LogP contribution >= 0.6 is 0 Å². The number of hydrogen-bond donors (Lipinski definition) is 1. The van der Waals surface area contributed by atoms with Crippen LogP contribution in [0.5, 0.6) is 0 Å². The van der Waals surface area contributed by atoms with E-state index >= 15 is 0 Å². The zero-order chi connectivity index (χ0) is 14.8. The van der Waals surface area contributed by atoms with Gasteiger partial charge in [-0.15, -0.1) is 0 Å². The van der Waals surface area contributed by atoms with Crippen molar-refractivity contribution in [2.24, 2.45) is 7.05 Å². The molecule has 4 heteroatoms. The van der Waals surface area contributed by atoms with E-state index in [9.17, 15) is 0 Å². The molecular weight excluding hydrogens is 248 g/mol. The summed E-state index contributed by atoms with van der Waals surface area (Å²) in [6.45, 7) is 6.70. The number of rotatable bonds is 4. The molecule has 0 amide bonds. The van der Waals surface area contributed by atoms with E-state index in [1.807, 2.05) is 18.8 Å². The molecule has 0 saturated carbocycles. The summed E-state index contributed by atoms with van der Waals surface area (Å²) in [6.07, 6.45) is 2.44. The van der Waals surface area contributed by atoms with Gasteiger partial charge in [-0.05, 0) is 23.6 Å². The molecule has 1 heterocycles. The Morgan fingerprint density at radius 2 is 1.85 bits per heavy atom. The highest BCUT2D eigenvalue weighted by molar-refractivity contribution is 5.29. The quantitative estimate of drug-likeness (QED) is 0.930. The van der Waals surface area contributed by atoms with E-state index in [1.165, 1.54) is 11.1 Å². The Labute approximate surface area is 121 Å². The predicted molar refractivity (Wildman–Crippen MR) is 81.6 cm³/mol. The molecule has 1 atom stereocenters. The van der Waals surface area contributed by atoms with E-state index in [0.29, 0.717) is 0 Å². The van der Waals surface area contributed by atoms with Crippen molar-refractivity contribution in [1.82, 2.24) is 20.1 Å². The number of hydrogen-bond acceptors (Lipinski definition) is 3. The van der Waals surface area contributed by atoms with Crippen LogP contribution in [-0.4, -0.2) is 21.8 Å². The molecule has 0 spiro atoms. The topological polar surface area (TPSA) is 42.7 Å². The highest BCUT2D eigenvalue weighted by atomic mass is 15.3. The lowest BCUT2D eigenvalue weighted by atomic mass is 9.86. The van der Waals surface area contributed by atoms with Crippen molar-refractivity contribution in [1.29, 1.82) is 0 Å². The van der Waals surface area contributed by atoms with Gasteiger partial charge in [-0.3, -0.25) is 4.68 Å². The summed E-state index contributed by atoms with van der Waals surface area (Å²) in [5.74, 6) is 0.990. The summed E-state index contributed by atoms with van der Waals surface area (Å²) in [4.78, 5) is 4.30. The molecule has 2 aromatic rings. The first-order valence-corrected chi connectivity index (χ1v) is 7.02. The zero-order valence-electron chi connectivity index (χ0n) is 13.0. The SMILES string of the molecule is CNC(Cc1ncnn1C)c1ccc(C(C)(C)C)cc1. The maximum absolute atomic E-state index is 4.30. The standard InChI is InChI=1S/C16H24N4/c1-16(2,3)13-8-6-12(7-9-13)14(17-4)10-15-18-11-19-20(15)5/h6-9,11,14,17H,10H2,1-5H3. The van der Waals surface area contributed by atoms with Gasteiger partial charge in [0.1, 0.15) is 12.2 Å². The number of aryl methyl sites for hydroxylation is 1. The summed E-state index contributed by atoms with van der Waals surface area (Å²) in [5, 5.41) is 7.48. The fraction of sp³-hybridized carbons (Fsp3) is 0.500. The first-order chi connectivity index (χ1) is 9.41. The highest BCUT2D eigenvalue weighted by Gasteiger charge is 2.16. The minimum Gasteiger partial charge on any atom is -0.313 e. The fourth-order valence-corrected chi connectivity index (χ4v) is 2.29. The molecule has 1 aromatic heterocycles. The lowest BCUT2D eigenvalue weighted by Gasteiger charge is -2.21. The molecule has 1 N–H and O–H groups in total. The Balaban J connectivity index is 2.18. The summed E-state index contributed by atoms with van der Waals surface area (Å²) in [7, 11) is 3.91. The Morgan fingerprint density at radius 3 is 2.30 bits per heavy atom. The molecule has 1 aromatic carbocycles. The maximum Gasteiger partial charge on any atom is 0.138 e. The first-order valence-electron chi connectivity index (χ1n) is 7.02. The van der Waals surface area contributed by atoms with Crippen LogP contribution in [0.1, 0.15) is 43.8 Å². The van der Waals surface area contributed by atoms with E-state index in [2.05, 4.69) is 60.4 Å². The number of nitrogens with zero attached hydrogens (tertiary/aromatic N) is 3. The number of benzene rings is 1. The second-order valence-electron chi connectivity index (χ2n) is 6.22. The third kappa shape index (κ3) is 3.25. The van der Waals surface area contributed by atoms with Gasteiger partial charge < -0.3 is 5.32 Å². The third-order valence-electron chi connectivity index (χ3n) is 3.72. The molecule has 108 valence electrons. The predicted octanol–water partition coefficient (Wildman–Crippen LogP) is 2.62. The van der Waals surface area contributed by atoms with Crippen LogP contribution in [0.4, 0.5) is 0 Å². The number of likely N-dealkylation sites (N-methyl/N-ethyl adjacent to an activating group) is 1. The zero-order valence-corrected chi connectivity index (χ0v) is 13.0. The third-order valence-corrected chi connectivity index (χ3v) is 3.72. The van der Waals surface area contributed by atoms with Crippen LogP contribution in [-0.2, 0) is 18.9 Å². The summed E-state index contributed by atoms with van der Waals surface area (Å²) in [5.41, 5.74) is 2.83. The average molecular weight is 272 g/mol. The lowest BCUT2D eigenvalue weighted by Crippen LogP contribution is -2.21. The van der Waals surface area contributed by atoms with Gasteiger partial charge in [0.15, 0.2) is 0 Å². The van der Waals surface area contributed by atoms with E-state index in [4.69, 9.17) is 0 Å². The minimum atomic E-state index is 0.192. The van der Waals surface area contributed by atoms with E-state index in [0.717, 1.165) is 12.2 Å². The van der Waals surface area contributed by atoms with Crippen molar-refractivity contribution in [3.8, 4) is 0 Å². The Bertz CT molecular complexity index is 549. The molecule has 0 aliphatic carbocycles. The monoisotopic (exact) mass is 272 g/mol.